The molecular weight excluding hydrogens is 586 g/mol. The third-order valence-corrected chi connectivity index (χ3v) is 10.5. The van der Waals surface area contributed by atoms with Crippen molar-refractivity contribution in [2.45, 2.75) is 56.7 Å². The van der Waals surface area contributed by atoms with Gasteiger partial charge in [-0.05, 0) is 68.8 Å². The van der Waals surface area contributed by atoms with Crippen molar-refractivity contribution in [1.29, 1.82) is 5.26 Å². The topological polar surface area (TPSA) is 88.6 Å². The highest BCUT2D eigenvalue weighted by molar-refractivity contribution is 6.36. The lowest BCUT2D eigenvalue weighted by atomic mass is 9.95. The number of nitrogens with zero attached hydrogens (tertiary/aromatic N) is 7. The number of amides is 1. The molecule has 0 saturated carbocycles. The summed E-state index contributed by atoms with van der Waals surface area (Å²) in [5.41, 5.74) is 3.22. The Morgan fingerprint density at radius 3 is 2.73 bits per heavy atom. The molecule has 2 aromatic carbocycles. The molecule has 3 saturated heterocycles. The molecule has 0 N–H and O–H groups in total. The first-order valence-corrected chi connectivity index (χ1v) is 16.4. The summed E-state index contributed by atoms with van der Waals surface area (Å²) in [4.78, 5) is 29.0. The lowest BCUT2D eigenvalue weighted by Crippen LogP contribution is -2.43. The molecule has 3 aromatic rings. The van der Waals surface area contributed by atoms with Gasteiger partial charge >= 0.3 is 11.8 Å². The van der Waals surface area contributed by atoms with Crippen molar-refractivity contribution in [2.75, 3.05) is 44.7 Å². The second kappa shape index (κ2) is 12.1. The van der Waals surface area contributed by atoms with Crippen molar-refractivity contribution >= 4 is 46.0 Å². The van der Waals surface area contributed by atoms with Gasteiger partial charge in [0.05, 0.1) is 47.7 Å². The molecule has 5 heterocycles. The number of carbonyl (C=O) groups excluding carboxylic acids is 1. The van der Waals surface area contributed by atoms with E-state index in [0.29, 0.717) is 32.1 Å². The van der Waals surface area contributed by atoms with E-state index >= 15 is 0 Å². The Kier molecular flexibility index (Phi) is 7.96. The number of hydrogen-bond donors (Lipinski definition) is 0. The second-order valence-electron chi connectivity index (χ2n) is 12.8. The molecule has 232 valence electrons. The number of fused-ring (bicyclic) bond motifs is 3. The highest BCUT2D eigenvalue weighted by Gasteiger charge is 2.45. The minimum atomic E-state index is -0.468. The van der Waals surface area contributed by atoms with Crippen molar-refractivity contribution in [3.63, 3.8) is 0 Å². The zero-order chi connectivity index (χ0) is 31.1. The summed E-state index contributed by atoms with van der Waals surface area (Å²) in [6.45, 7) is 8.35. The van der Waals surface area contributed by atoms with Gasteiger partial charge in [0.15, 0.2) is 0 Å². The second-order valence-corrected chi connectivity index (χ2v) is 13.3. The van der Waals surface area contributed by atoms with Gasteiger partial charge in [-0.15, -0.1) is 0 Å². The van der Waals surface area contributed by atoms with Gasteiger partial charge in [-0.2, -0.15) is 10.2 Å². The van der Waals surface area contributed by atoms with E-state index in [4.69, 9.17) is 26.3 Å². The van der Waals surface area contributed by atoms with Crippen molar-refractivity contribution in [3.8, 4) is 12.1 Å². The van der Waals surface area contributed by atoms with Crippen LogP contribution in [0.25, 0.3) is 10.8 Å². The molecule has 4 aliphatic rings. The summed E-state index contributed by atoms with van der Waals surface area (Å²) in [5.74, 6) is 0.622. The number of carbonyl (C=O) groups is 1. The normalized spacial score (nSPS) is 22.7. The van der Waals surface area contributed by atoms with Gasteiger partial charge in [0.25, 0.3) is 0 Å². The van der Waals surface area contributed by atoms with Crippen LogP contribution in [0.2, 0.25) is 5.02 Å². The Balaban J connectivity index is 1.23. The summed E-state index contributed by atoms with van der Waals surface area (Å²) in [5, 5.41) is 12.6. The summed E-state index contributed by atoms with van der Waals surface area (Å²) in [6, 6.07) is 14.6. The van der Waals surface area contributed by atoms with E-state index in [-0.39, 0.29) is 17.4 Å². The van der Waals surface area contributed by atoms with Gasteiger partial charge in [-0.1, -0.05) is 42.4 Å². The first-order valence-electron chi connectivity index (χ1n) is 16.0. The minimum absolute atomic E-state index is 0.0147. The van der Waals surface area contributed by atoms with Crippen LogP contribution < -0.4 is 9.64 Å². The quantitative estimate of drug-likeness (QED) is 0.205. The number of anilines is 1. The van der Waals surface area contributed by atoms with Crippen LogP contribution in [0.15, 0.2) is 49.1 Å². The molecule has 45 heavy (non-hydrogen) atoms. The molecule has 10 heteroatoms. The van der Waals surface area contributed by atoms with Crippen molar-refractivity contribution < 1.29 is 14.1 Å². The Morgan fingerprint density at radius 1 is 1.20 bits per heavy atom. The predicted molar refractivity (Wildman–Crippen MR) is 175 cm³/mol. The van der Waals surface area contributed by atoms with Gasteiger partial charge in [0, 0.05) is 41.5 Å². The van der Waals surface area contributed by atoms with Gasteiger partial charge in [0.1, 0.15) is 12.6 Å². The first kappa shape index (κ1) is 29.7. The Bertz CT molecular complexity index is 1720. The monoisotopic (exact) mass is 624 g/mol. The number of hydrogen-bond acceptors (Lipinski definition) is 7. The van der Waals surface area contributed by atoms with Crippen molar-refractivity contribution in [2.24, 2.45) is 5.92 Å². The average molecular weight is 625 g/mol. The Labute approximate surface area is 269 Å². The van der Waals surface area contributed by atoms with Crippen LogP contribution in [0.5, 0.6) is 6.01 Å². The number of halogens is 1. The summed E-state index contributed by atoms with van der Waals surface area (Å²) >= 11 is 6.72. The SMILES string of the molecule is C=CC(=O)N1CC(/C=[N+](/C)c2nc(OCC34CCCN3CCC4)nc3c2CCN(c2cccc4cccc(Cl)c24)C3)CC1C#N. The van der Waals surface area contributed by atoms with Crippen LogP contribution in [0.4, 0.5) is 11.5 Å². The zero-order valence-electron chi connectivity index (χ0n) is 25.8. The molecule has 0 spiro atoms. The van der Waals surface area contributed by atoms with Crippen LogP contribution in [0.3, 0.4) is 0 Å². The number of benzene rings is 2. The molecule has 4 aliphatic heterocycles. The van der Waals surface area contributed by atoms with E-state index in [1.54, 1.807) is 4.90 Å². The molecule has 1 amide bonds. The highest BCUT2D eigenvalue weighted by atomic mass is 35.5. The largest absolute Gasteiger partial charge is 0.443 e. The van der Waals surface area contributed by atoms with Crippen LogP contribution >= 0.6 is 11.6 Å². The maximum atomic E-state index is 12.4. The third-order valence-electron chi connectivity index (χ3n) is 10.2. The molecule has 7 rings (SSSR count). The molecule has 9 nitrogen and oxygen atoms in total. The molecule has 0 radical (unpaired) electrons. The number of nitriles is 1. The van der Waals surface area contributed by atoms with E-state index in [1.807, 2.05) is 19.2 Å². The highest BCUT2D eigenvalue weighted by Crippen LogP contribution is 2.40. The van der Waals surface area contributed by atoms with E-state index in [9.17, 15) is 10.1 Å². The van der Waals surface area contributed by atoms with Gasteiger partial charge in [-0.25, -0.2) is 4.58 Å². The summed E-state index contributed by atoms with van der Waals surface area (Å²) < 4.78 is 8.55. The number of aromatic nitrogens is 2. The molecule has 0 aliphatic carbocycles. The average Bonchev–Trinajstić information content (AvgIpc) is 3.77. The smallest absolute Gasteiger partial charge is 0.434 e. The molecule has 0 bridgehead atoms. The maximum Gasteiger partial charge on any atom is 0.434 e. The van der Waals surface area contributed by atoms with E-state index in [2.05, 4.69) is 57.5 Å². The van der Waals surface area contributed by atoms with Crippen molar-refractivity contribution in [3.05, 3.63) is 65.3 Å². The first-order chi connectivity index (χ1) is 21.9. The van der Waals surface area contributed by atoms with E-state index in [0.717, 1.165) is 77.5 Å². The van der Waals surface area contributed by atoms with Crippen molar-refractivity contribution in [1.82, 2.24) is 19.8 Å². The van der Waals surface area contributed by atoms with E-state index < -0.39 is 6.04 Å². The molecule has 1 aromatic heterocycles. The van der Waals surface area contributed by atoms with Crippen LogP contribution in [-0.4, -0.2) is 87.9 Å². The Morgan fingerprint density at radius 2 is 1.98 bits per heavy atom. The van der Waals surface area contributed by atoms with Gasteiger partial charge in [-0.3, -0.25) is 9.69 Å². The van der Waals surface area contributed by atoms with Crippen LogP contribution in [0.1, 0.15) is 43.4 Å². The van der Waals surface area contributed by atoms with Gasteiger partial charge < -0.3 is 14.5 Å². The lowest BCUT2D eigenvalue weighted by Gasteiger charge is -2.32. The molecule has 3 fully saturated rings. The van der Waals surface area contributed by atoms with Gasteiger partial charge in [0.2, 0.25) is 5.91 Å². The predicted octanol–water partition coefficient (Wildman–Crippen LogP) is 5.12. The summed E-state index contributed by atoms with van der Waals surface area (Å²) in [7, 11) is 2.00. The molecular formula is C35H39ClN7O2+. The fourth-order valence-corrected chi connectivity index (χ4v) is 8.28. The fraction of sp³-hybridized carbons (Fsp3) is 0.457. The third kappa shape index (κ3) is 5.44. The number of rotatable bonds is 7. The lowest BCUT2D eigenvalue weighted by molar-refractivity contribution is -0.407. The Hall–Kier alpha value is -4.00. The number of likely N-dealkylation sites (tertiary alicyclic amines) is 1. The maximum absolute atomic E-state index is 12.4. The molecule has 2 unspecified atom stereocenters. The molecule has 2 atom stereocenters. The number of ether oxygens (including phenoxy) is 1. The van der Waals surface area contributed by atoms with E-state index in [1.165, 1.54) is 18.9 Å². The standard InChI is InChI=1S/C35H39ClN7O2/c1-3-31(44)43-21-24(18-26(43)19-37)20-40(2)33-27-12-17-41(30-11-5-9-25-8-4-10-28(36)32(25)30)22-29(27)38-34(39-33)45-23-35-13-6-15-42(35)16-7-14-35/h3-5,8-11,20,24,26H,1,6-7,12-18,21-23H2,2H3/q+1/b40-20-. The summed E-state index contributed by atoms with van der Waals surface area (Å²) in [6.07, 6.45) is 9.42. The fourth-order valence-electron chi connectivity index (χ4n) is 8.00. The van der Waals surface area contributed by atoms with Crippen LogP contribution in [-0.2, 0) is 17.8 Å². The zero-order valence-corrected chi connectivity index (χ0v) is 26.5. The minimum Gasteiger partial charge on any atom is -0.443 e. The van der Waals surface area contributed by atoms with Crippen LogP contribution in [0, 0.1) is 17.2 Å².